The molecule has 0 fully saturated rings. The Labute approximate surface area is 140 Å². The summed E-state index contributed by atoms with van der Waals surface area (Å²) in [6.07, 6.45) is 1.70. The van der Waals surface area contributed by atoms with Crippen molar-refractivity contribution in [2.45, 2.75) is 17.5 Å². The number of sulfonamides is 1. The topological polar surface area (TPSA) is 80.5 Å². The van der Waals surface area contributed by atoms with E-state index in [9.17, 15) is 13.2 Å². The zero-order chi connectivity index (χ0) is 16.2. The minimum atomic E-state index is -3.92. The summed E-state index contributed by atoms with van der Waals surface area (Å²) >= 11 is 7.29. The minimum Gasteiger partial charge on any atom is -0.294 e. The van der Waals surface area contributed by atoms with Crippen molar-refractivity contribution in [2.75, 3.05) is 0 Å². The van der Waals surface area contributed by atoms with Gasteiger partial charge in [0.1, 0.15) is 0 Å². The van der Waals surface area contributed by atoms with Crippen LogP contribution in [-0.2, 0) is 10.0 Å². The molecule has 0 saturated heterocycles. The average Bonchev–Trinajstić information content (AvgIpc) is 3.13. The predicted octanol–water partition coefficient (Wildman–Crippen LogP) is 2.66. The highest BCUT2D eigenvalue weighted by molar-refractivity contribution is 7.89. The number of carbonyl (C=O) groups excluding carboxylic acids is 1. The van der Waals surface area contributed by atoms with E-state index in [1.165, 1.54) is 15.7 Å². The van der Waals surface area contributed by atoms with E-state index in [2.05, 4.69) is 9.71 Å². The summed E-state index contributed by atoms with van der Waals surface area (Å²) in [5, 5.41) is 1.54. The summed E-state index contributed by atoms with van der Waals surface area (Å²) in [5.41, 5.74) is 1.24. The highest BCUT2D eigenvalue weighted by Gasteiger charge is 2.34. The number of benzene rings is 1. The number of Topliss-reactive ketones (excluding diaryl/α,β-unsaturated/α-hetero) is 1. The molecule has 0 radical (unpaired) electrons. The second-order valence-corrected chi connectivity index (χ2v) is 8.01. The normalized spacial score (nSPS) is 17.8. The molecule has 6 nitrogen and oxygen atoms in total. The van der Waals surface area contributed by atoms with Crippen molar-refractivity contribution < 1.29 is 13.2 Å². The van der Waals surface area contributed by atoms with Gasteiger partial charge in [-0.25, -0.2) is 18.1 Å². The number of hydrogen-bond donors (Lipinski definition) is 1. The molecule has 0 amide bonds. The van der Waals surface area contributed by atoms with Crippen LogP contribution in [0.2, 0.25) is 5.15 Å². The summed E-state index contributed by atoms with van der Waals surface area (Å²) in [6, 6.07) is 6.40. The number of fused-ring (bicyclic) bond motifs is 2. The third kappa shape index (κ3) is 2.29. The number of nitrogens with zero attached hydrogens (tertiary/aromatic N) is 2. The van der Waals surface area contributed by atoms with E-state index in [0.29, 0.717) is 16.1 Å². The van der Waals surface area contributed by atoms with Gasteiger partial charge in [0, 0.05) is 23.6 Å². The highest BCUT2D eigenvalue weighted by atomic mass is 35.5. The molecule has 23 heavy (non-hydrogen) atoms. The van der Waals surface area contributed by atoms with Crippen LogP contribution in [0.5, 0.6) is 0 Å². The Kier molecular flexibility index (Phi) is 3.31. The third-order valence-corrected chi connectivity index (χ3v) is 6.38. The number of aromatic nitrogens is 2. The molecule has 2 heterocycles. The molecule has 0 spiro atoms. The van der Waals surface area contributed by atoms with Gasteiger partial charge in [-0.3, -0.25) is 9.20 Å². The van der Waals surface area contributed by atoms with Crippen molar-refractivity contribution in [2.24, 2.45) is 0 Å². The lowest BCUT2D eigenvalue weighted by atomic mass is 10.1. The van der Waals surface area contributed by atoms with E-state index in [4.69, 9.17) is 11.6 Å². The number of thiazole rings is 1. The first-order valence-electron chi connectivity index (χ1n) is 6.73. The Morgan fingerprint density at radius 2 is 2.13 bits per heavy atom. The van der Waals surface area contributed by atoms with E-state index < -0.39 is 16.1 Å². The first-order valence-corrected chi connectivity index (χ1v) is 9.47. The maximum Gasteiger partial charge on any atom is 0.260 e. The summed E-state index contributed by atoms with van der Waals surface area (Å²) in [5.74, 6) is -0.0756. The molecule has 0 saturated carbocycles. The molecule has 0 aliphatic heterocycles. The summed E-state index contributed by atoms with van der Waals surface area (Å²) < 4.78 is 29.5. The van der Waals surface area contributed by atoms with Crippen molar-refractivity contribution in [3.63, 3.8) is 0 Å². The van der Waals surface area contributed by atoms with E-state index in [-0.39, 0.29) is 22.4 Å². The Morgan fingerprint density at radius 3 is 2.96 bits per heavy atom. The van der Waals surface area contributed by atoms with Crippen LogP contribution in [0, 0.1) is 0 Å². The maximum absolute atomic E-state index is 12.7. The van der Waals surface area contributed by atoms with E-state index in [1.807, 2.05) is 0 Å². The molecule has 118 valence electrons. The number of hydrogen-bond acceptors (Lipinski definition) is 5. The average molecular weight is 368 g/mol. The minimum absolute atomic E-state index is 0.0756. The fourth-order valence-electron chi connectivity index (χ4n) is 2.79. The third-order valence-electron chi connectivity index (χ3n) is 3.76. The van der Waals surface area contributed by atoms with Crippen molar-refractivity contribution in [3.05, 3.63) is 52.1 Å². The molecule has 1 aliphatic carbocycles. The van der Waals surface area contributed by atoms with Gasteiger partial charge in [-0.05, 0) is 5.56 Å². The second-order valence-electron chi connectivity index (χ2n) is 5.15. The van der Waals surface area contributed by atoms with Crippen LogP contribution in [0.25, 0.3) is 4.96 Å². The first-order chi connectivity index (χ1) is 11.0. The zero-order valence-electron chi connectivity index (χ0n) is 11.6. The van der Waals surface area contributed by atoms with Crippen LogP contribution in [0.3, 0.4) is 0 Å². The van der Waals surface area contributed by atoms with Gasteiger partial charge in [0.2, 0.25) is 0 Å². The molecule has 4 rings (SSSR count). The molecule has 1 N–H and O–H groups in total. The van der Waals surface area contributed by atoms with E-state index >= 15 is 0 Å². The Bertz CT molecular complexity index is 1040. The number of rotatable bonds is 3. The fraction of sp³-hybridized carbons (Fsp3) is 0.143. The van der Waals surface area contributed by atoms with Gasteiger partial charge in [-0.2, -0.15) is 0 Å². The van der Waals surface area contributed by atoms with Gasteiger partial charge in [-0.1, -0.05) is 35.9 Å². The smallest absolute Gasteiger partial charge is 0.260 e. The SMILES string of the molecule is O=C1CC(NS(=O)(=O)c2c(Cl)nc3sccn23)c2ccccc21. The standard InChI is InChI=1S/C14H10ClN3O3S2/c15-12-13(18-5-6-22-14(18)16-12)23(20,21)17-10-7-11(19)9-4-2-1-3-8(9)10/h1-6,10,17H,7H2. The van der Waals surface area contributed by atoms with Crippen LogP contribution in [0.15, 0.2) is 40.9 Å². The summed E-state index contributed by atoms with van der Waals surface area (Å²) in [4.78, 5) is 16.5. The first kappa shape index (κ1) is 14.8. The molecule has 2 aromatic heterocycles. The number of imidazole rings is 1. The number of halogens is 1. The molecular weight excluding hydrogens is 358 g/mol. The zero-order valence-corrected chi connectivity index (χ0v) is 14.0. The van der Waals surface area contributed by atoms with Crippen molar-refractivity contribution in [1.82, 2.24) is 14.1 Å². The summed E-state index contributed by atoms with van der Waals surface area (Å²) in [6.45, 7) is 0. The fourth-order valence-corrected chi connectivity index (χ4v) is 5.46. The number of nitrogens with one attached hydrogen (secondary N) is 1. The quantitative estimate of drug-likeness (QED) is 0.771. The molecule has 1 aliphatic rings. The van der Waals surface area contributed by atoms with E-state index in [1.54, 1.807) is 35.8 Å². The van der Waals surface area contributed by atoms with Gasteiger partial charge in [0.15, 0.2) is 20.9 Å². The Morgan fingerprint density at radius 1 is 1.35 bits per heavy atom. The largest absolute Gasteiger partial charge is 0.294 e. The predicted molar refractivity (Wildman–Crippen MR) is 86.5 cm³/mol. The molecule has 3 aromatic rings. The van der Waals surface area contributed by atoms with Crippen molar-refractivity contribution >= 4 is 43.7 Å². The summed E-state index contributed by atoms with van der Waals surface area (Å²) in [7, 11) is -3.92. The van der Waals surface area contributed by atoms with Crippen molar-refractivity contribution in [1.29, 1.82) is 0 Å². The lowest BCUT2D eigenvalue weighted by molar-refractivity contribution is 0.0988. The van der Waals surface area contributed by atoms with Crippen molar-refractivity contribution in [3.8, 4) is 0 Å². The molecule has 0 bridgehead atoms. The monoisotopic (exact) mass is 367 g/mol. The van der Waals surface area contributed by atoms with Crippen LogP contribution >= 0.6 is 22.9 Å². The lowest BCUT2D eigenvalue weighted by Gasteiger charge is -2.13. The highest BCUT2D eigenvalue weighted by Crippen LogP contribution is 2.33. The van der Waals surface area contributed by atoms with Crippen LogP contribution in [0.1, 0.15) is 28.4 Å². The Hall–Kier alpha value is -1.74. The van der Waals surface area contributed by atoms with Crippen LogP contribution in [-0.4, -0.2) is 23.6 Å². The van der Waals surface area contributed by atoms with Crippen LogP contribution in [0.4, 0.5) is 0 Å². The second kappa shape index (κ2) is 5.13. The maximum atomic E-state index is 12.7. The van der Waals surface area contributed by atoms with Gasteiger partial charge in [0.05, 0.1) is 6.04 Å². The molecular formula is C14H10ClN3O3S2. The van der Waals surface area contributed by atoms with Gasteiger partial charge < -0.3 is 0 Å². The number of ketones is 1. The number of carbonyl (C=O) groups is 1. The van der Waals surface area contributed by atoms with Gasteiger partial charge >= 0.3 is 0 Å². The van der Waals surface area contributed by atoms with E-state index in [0.717, 1.165) is 0 Å². The van der Waals surface area contributed by atoms with Gasteiger partial charge in [-0.15, -0.1) is 11.3 Å². The molecule has 1 atom stereocenters. The molecule has 9 heteroatoms. The Balaban J connectivity index is 1.76. The molecule has 1 aromatic carbocycles. The van der Waals surface area contributed by atoms with Gasteiger partial charge in [0.25, 0.3) is 10.0 Å². The molecule has 1 unspecified atom stereocenters. The van der Waals surface area contributed by atoms with Crippen LogP contribution < -0.4 is 4.72 Å². The lowest BCUT2D eigenvalue weighted by Crippen LogP contribution is -2.28.